The Balaban J connectivity index is 1.49. The molecule has 10 nitrogen and oxygen atoms in total. The molecule has 0 aliphatic carbocycles. The monoisotopic (exact) mass is 446 g/mol. The number of hydrogen-bond donors (Lipinski definition) is 1. The molecule has 5 aromatic rings. The molecule has 0 amide bonds. The molecule has 0 fully saturated rings. The third-order valence-corrected chi connectivity index (χ3v) is 5.33. The summed E-state index contributed by atoms with van der Waals surface area (Å²) in [5.41, 5.74) is 3.63. The number of fused-ring (bicyclic) bond motifs is 2. The number of nitrogens with zero attached hydrogens (tertiary/aromatic N) is 7. The smallest absolute Gasteiger partial charge is 0.188 e. The summed E-state index contributed by atoms with van der Waals surface area (Å²) in [6.07, 6.45) is 8.38. The van der Waals surface area contributed by atoms with Crippen molar-refractivity contribution < 1.29 is 9.47 Å². The molecule has 0 unspecified atom stereocenters. The van der Waals surface area contributed by atoms with Crippen LogP contribution in [0, 0.1) is 6.92 Å². The minimum absolute atomic E-state index is 0.566. The average molecular weight is 446 g/mol. The molecular weight excluding hydrogens is 428 g/mol. The molecule has 0 radical (unpaired) electrons. The van der Waals surface area contributed by atoms with E-state index in [-0.39, 0.29) is 0 Å². The van der Waals surface area contributed by atoms with E-state index in [1.807, 2.05) is 37.4 Å². The Labute approximate surface area is 187 Å². The van der Waals surface area contributed by atoms with Crippen LogP contribution in [0.25, 0.3) is 16.7 Å². The Kier molecular flexibility index (Phi) is 5.15. The van der Waals surface area contributed by atoms with Gasteiger partial charge in [-0.3, -0.25) is 0 Å². The van der Waals surface area contributed by atoms with Crippen LogP contribution in [-0.2, 0) is 0 Å². The largest absolute Gasteiger partial charge is 0.494 e. The van der Waals surface area contributed by atoms with Crippen LogP contribution in [0.3, 0.4) is 0 Å². The Morgan fingerprint density at radius 1 is 1.03 bits per heavy atom. The quantitative estimate of drug-likeness (QED) is 0.303. The predicted molar refractivity (Wildman–Crippen MR) is 121 cm³/mol. The predicted octanol–water partition coefficient (Wildman–Crippen LogP) is 4.04. The first-order valence-electron chi connectivity index (χ1n) is 9.59. The minimum atomic E-state index is 0.566. The van der Waals surface area contributed by atoms with Gasteiger partial charge in [-0.15, -0.1) is 0 Å². The number of thioether (sulfide) groups is 1. The maximum atomic E-state index is 6.10. The number of methoxy groups -OCH3 is 1. The van der Waals surface area contributed by atoms with Crippen LogP contribution < -0.4 is 14.8 Å². The van der Waals surface area contributed by atoms with E-state index in [1.165, 1.54) is 24.4 Å². The fourth-order valence-corrected chi connectivity index (χ4v) is 3.53. The van der Waals surface area contributed by atoms with Crippen LogP contribution in [0.5, 0.6) is 17.2 Å². The zero-order valence-corrected chi connectivity index (χ0v) is 18.3. The van der Waals surface area contributed by atoms with Crippen molar-refractivity contribution in [2.45, 2.75) is 12.1 Å². The fraction of sp³-hybridized carbons (Fsp3) is 0.143. The number of hydrogen-bond acceptors (Lipinski definition) is 10. The van der Waals surface area contributed by atoms with Gasteiger partial charge in [-0.25, -0.2) is 29.4 Å². The van der Waals surface area contributed by atoms with E-state index < -0.39 is 0 Å². The van der Waals surface area contributed by atoms with Gasteiger partial charge in [0.2, 0.25) is 0 Å². The van der Waals surface area contributed by atoms with Gasteiger partial charge in [0, 0.05) is 18.3 Å². The molecule has 0 aliphatic rings. The van der Waals surface area contributed by atoms with E-state index in [1.54, 1.807) is 24.0 Å². The highest BCUT2D eigenvalue weighted by atomic mass is 32.2. The first-order valence-corrected chi connectivity index (χ1v) is 10.8. The number of rotatable bonds is 6. The van der Waals surface area contributed by atoms with Crippen molar-refractivity contribution >= 4 is 39.9 Å². The lowest BCUT2D eigenvalue weighted by Gasteiger charge is -2.16. The summed E-state index contributed by atoms with van der Waals surface area (Å²) in [6, 6.07) is 7.42. The maximum absolute atomic E-state index is 6.10. The van der Waals surface area contributed by atoms with Gasteiger partial charge in [0.05, 0.1) is 19.0 Å². The summed E-state index contributed by atoms with van der Waals surface area (Å²) in [7, 11) is 1.61. The first kappa shape index (κ1) is 19.9. The van der Waals surface area contributed by atoms with Crippen LogP contribution in [0.1, 0.15) is 5.56 Å². The Hall–Kier alpha value is -3.99. The number of aromatic nitrogens is 7. The third kappa shape index (κ3) is 3.73. The van der Waals surface area contributed by atoms with Gasteiger partial charge in [0.1, 0.15) is 40.9 Å². The molecule has 0 saturated heterocycles. The van der Waals surface area contributed by atoms with Crippen molar-refractivity contribution in [3.8, 4) is 17.2 Å². The van der Waals surface area contributed by atoms with E-state index in [0.29, 0.717) is 44.9 Å². The van der Waals surface area contributed by atoms with Crippen LogP contribution >= 0.6 is 11.8 Å². The molecule has 32 heavy (non-hydrogen) atoms. The molecule has 0 saturated carbocycles. The standard InChI is InChI=1S/C21H18N8O2S/c1-12-6-14(27-20-19-15(23-10-25-20)9-22-21(28-19)32-3)17(30-2)8-16(12)31-13-4-5-29-18(7-13)24-11-26-29/h4-11H,1-3H3,(H,23,25,27). The van der Waals surface area contributed by atoms with E-state index in [9.17, 15) is 0 Å². The van der Waals surface area contributed by atoms with Gasteiger partial charge in [0.15, 0.2) is 16.6 Å². The van der Waals surface area contributed by atoms with Crippen LogP contribution in [-0.4, -0.2) is 47.9 Å². The summed E-state index contributed by atoms with van der Waals surface area (Å²) in [4.78, 5) is 21.6. The molecule has 160 valence electrons. The third-order valence-electron chi connectivity index (χ3n) is 4.77. The first-order chi connectivity index (χ1) is 15.6. The van der Waals surface area contributed by atoms with Crippen LogP contribution in [0.2, 0.25) is 0 Å². The van der Waals surface area contributed by atoms with Gasteiger partial charge in [-0.2, -0.15) is 5.10 Å². The van der Waals surface area contributed by atoms with Crippen molar-refractivity contribution in [1.82, 2.24) is 34.5 Å². The van der Waals surface area contributed by atoms with Crippen LogP contribution in [0.4, 0.5) is 11.5 Å². The SMILES string of the molecule is COc1cc(Oc2ccn3ncnc3c2)c(C)cc1Nc1ncnc2cnc(SC)nc12. The molecule has 4 heterocycles. The van der Waals surface area contributed by atoms with Crippen molar-refractivity contribution in [3.05, 3.63) is 54.9 Å². The normalized spacial score (nSPS) is 11.1. The number of aryl methyl sites for hydroxylation is 1. The van der Waals surface area contributed by atoms with E-state index in [2.05, 4.69) is 35.3 Å². The molecule has 11 heteroatoms. The Bertz CT molecular complexity index is 1440. The van der Waals surface area contributed by atoms with Crippen molar-refractivity contribution in [2.75, 3.05) is 18.7 Å². The molecule has 0 bridgehead atoms. The molecule has 0 spiro atoms. The number of anilines is 2. The fourth-order valence-electron chi connectivity index (χ4n) is 3.19. The second-order valence-electron chi connectivity index (χ2n) is 6.78. The molecule has 0 atom stereocenters. The Morgan fingerprint density at radius 2 is 1.94 bits per heavy atom. The number of nitrogens with one attached hydrogen (secondary N) is 1. The van der Waals surface area contributed by atoms with Gasteiger partial charge in [0.25, 0.3) is 0 Å². The topological polar surface area (TPSA) is 112 Å². The molecule has 4 aromatic heterocycles. The van der Waals surface area contributed by atoms with Gasteiger partial charge in [-0.05, 0) is 30.9 Å². The zero-order valence-electron chi connectivity index (χ0n) is 17.5. The van der Waals surface area contributed by atoms with Crippen molar-refractivity contribution in [1.29, 1.82) is 0 Å². The molecule has 5 rings (SSSR count). The minimum Gasteiger partial charge on any atom is -0.494 e. The number of benzene rings is 1. The number of pyridine rings is 1. The summed E-state index contributed by atoms with van der Waals surface area (Å²) < 4.78 is 13.4. The average Bonchev–Trinajstić information content (AvgIpc) is 3.28. The molecular formula is C21H18N8O2S. The molecule has 0 aliphatic heterocycles. The highest BCUT2D eigenvalue weighted by Gasteiger charge is 2.14. The van der Waals surface area contributed by atoms with Gasteiger partial charge < -0.3 is 14.8 Å². The van der Waals surface area contributed by atoms with E-state index in [0.717, 1.165) is 11.3 Å². The zero-order chi connectivity index (χ0) is 22.1. The summed E-state index contributed by atoms with van der Waals surface area (Å²) >= 11 is 1.46. The lowest BCUT2D eigenvalue weighted by molar-refractivity contribution is 0.410. The van der Waals surface area contributed by atoms with Gasteiger partial charge in [-0.1, -0.05) is 11.8 Å². The van der Waals surface area contributed by atoms with Crippen molar-refractivity contribution in [3.63, 3.8) is 0 Å². The summed E-state index contributed by atoms with van der Waals surface area (Å²) in [6.45, 7) is 1.96. The van der Waals surface area contributed by atoms with Crippen LogP contribution in [0.15, 0.2) is 54.5 Å². The maximum Gasteiger partial charge on any atom is 0.188 e. The summed E-state index contributed by atoms with van der Waals surface area (Å²) in [5.74, 6) is 2.48. The Morgan fingerprint density at radius 3 is 2.78 bits per heavy atom. The molecule has 1 N–H and O–H groups in total. The summed E-state index contributed by atoms with van der Waals surface area (Å²) in [5, 5.41) is 8.06. The second kappa shape index (κ2) is 8.27. The highest BCUT2D eigenvalue weighted by Crippen LogP contribution is 2.37. The van der Waals surface area contributed by atoms with Crippen molar-refractivity contribution in [2.24, 2.45) is 0 Å². The highest BCUT2D eigenvalue weighted by molar-refractivity contribution is 7.98. The number of ether oxygens (including phenoxy) is 2. The van der Waals surface area contributed by atoms with E-state index in [4.69, 9.17) is 9.47 Å². The lowest BCUT2D eigenvalue weighted by Crippen LogP contribution is -2.02. The lowest BCUT2D eigenvalue weighted by atomic mass is 10.1. The molecule has 1 aromatic carbocycles. The second-order valence-corrected chi connectivity index (χ2v) is 7.56. The van der Waals surface area contributed by atoms with E-state index >= 15 is 0 Å². The van der Waals surface area contributed by atoms with Gasteiger partial charge >= 0.3 is 0 Å².